The molecule has 0 unspecified atom stereocenters. The van der Waals surface area contributed by atoms with Crippen molar-refractivity contribution in [1.29, 1.82) is 0 Å². The van der Waals surface area contributed by atoms with Gasteiger partial charge < -0.3 is 5.32 Å². The Kier molecular flexibility index (Phi) is 2.19. The molecule has 0 radical (unpaired) electrons. The maximum Gasteiger partial charge on any atom is 0.183 e. The molecule has 6 heteroatoms. The van der Waals surface area contributed by atoms with Crippen LogP contribution in [0.25, 0.3) is 11.2 Å². The summed E-state index contributed by atoms with van der Waals surface area (Å²) in [6.45, 7) is 2.95. The molecule has 1 fully saturated rings. The van der Waals surface area contributed by atoms with E-state index in [0.717, 1.165) is 29.9 Å². The van der Waals surface area contributed by atoms with E-state index < -0.39 is 0 Å². The molecular weight excluding hydrogens is 204 g/mol. The number of nitrogens with zero attached hydrogens (tertiary/aromatic N) is 5. The highest BCUT2D eigenvalue weighted by Gasteiger charge is 2.23. The fourth-order valence-electron chi connectivity index (χ4n) is 1.68. The molecule has 0 saturated heterocycles. The van der Waals surface area contributed by atoms with E-state index in [1.54, 1.807) is 6.33 Å². The summed E-state index contributed by atoms with van der Waals surface area (Å²) in [5.41, 5.74) is 1.60. The van der Waals surface area contributed by atoms with Crippen LogP contribution in [0, 0.1) is 0 Å². The second kappa shape index (κ2) is 3.70. The fourth-order valence-corrected chi connectivity index (χ4v) is 1.68. The molecular formula is C10H14N6. The van der Waals surface area contributed by atoms with Gasteiger partial charge in [-0.15, -0.1) is 5.10 Å². The van der Waals surface area contributed by atoms with Gasteiger partial charge in [-0.05, 0) is 19.3 Å². The fraction of sp³-hybridized carbons (Fsp3) is 0.600. The van der Waals surface area contributed by atoms with Gasteiger partial charge in [0.05, 0.1) is 0 Å². The lowest BCUT2D eigenvalue weighted by atomic mass is 10.4. The predicted octanol–water partition coefficient (Wildman–Crippen LogP) is 1.21. The average molecular weight is 218 g/mol. The third-order valence-corrected chi connectivity index (χ3v) is 2.65. The van der Waals surface area contributed by atoms with Crippen LogP contribution in [-0.4, -0.2) is 31.0 Å². The number of anilines is 1. The molecule has 0 atom stereocenters. The minimum absolute atomic E-state index is 0.564. The number of hydrogen-bond acceptors (Lipinski definition) is 5. The standard InChI is InChI=1S/C10H14N6/c1-2-5-16-10-8(14-15-16)9(11-6-12-10)13-7-3-4-7/h6-7H,2-5H2,1H3,(H,11,12,13). The van der Waals surface area contributed by atoms with Gasteiger partial charge in [-0.3, -0.25) is 0 Å². The van der Waals surface area contributed by atoms with E-state index in [1.165, 1.54) is 12.8 Å². The first-order valence-corrected chi connectivity index (χ1v) is 5.69. The Bertz CT molecular complexity index is 501. The molecule has 1 saturated carbocycles. The summed E-state index contributed by atoms with van der Waals surface area (Å²) in [7, 11) is 0. The summed E-state index contributed by atoms with van der Waals surface area (Å²) in [5, 5.41) is 11.6. The van der Waals surface area contributed by atoms with Gasteiger partial charge in [0.25, 0.3) is 0 Å². The zero-order valence-electron chi connectivity index (χ0n) is 9.22. The van der Waals surface area contributed by atoms with Crippen LogP contribution >= 0.6 is 0 Å². The van der Waals surface area contributed by atoms with Crippen LogP contribution < -0.4 is 5.32 Å². The molecule has 84 valence electrons. The summed E-state index contributed by atoms with van der Waals surface area (Å²) in [5.74, 6) is 0.815. The average Bonchev–Trinajstić information content (AvgIpc) is 3.01. The third kappa shape index (κ3) is 1.60. The number of hydrogen-bond donors (Lipinski definition) is 1. The molecule has 2 heterocycles. The van der Waals surface area contributed by atoms with Crippen LogP contribution in [0.15, 0.2) is 6.33 Å². The van der Waals surface area contributed by atoms with Crippen molar-refractivity contribution >= 4 is 17.0 Å². The topological polar surface area (TPSA) is 68.5 Å². The van der Waals surface area contributed by atoms with Gasteiger partial charge in [-0.1, -0.05) is 12.1 Å². The first-order valence-electron chi connectivity index (χ1n) is 5.69. The van der Waals surface area contributed by atoms with Gasteiger partial charge in [-0.25, -0.2) is 14.6 Å². The largest absolute Gasteiger partial charge is 0.365 e. The molecule has 6 nitrogen and oxygen atoms in total. The smallest absolute Gasteiger partial charge is 0.183 e. The Hall–Kier alpha value is -1.72. The SMILES string of the molecule is CCCn1nnc2c(NC3CC3)ncnc21. The molecule has 0 spiro atoms. The van der Waals surface area contributed by atoms with Gasteiger partial charge in [0.2, 0.25) is 0 Å². The molecule has 0 aliphatic heterocycles. The number of aryl methyl sites for hydroxylation is 1. The van der Waals surface area contributed by atoms with E-state index >= 15 is 0 Å². The maximum absolute atomic E-state index is 4.23. The van der Waals surface area contributed by atoms with E-state index in [1.807, 2.05) is 4.68 Å². The van der Waals surface area contributed by atoms with Crippen LogP contribution in [0.3, 0.4) is 0 Å². The summed E-state index contributed by atoms with van der Waals surface area (Å²) < 4.78 is 1.83. The van der Waals surface area contributed by atoms with E-state index in [-0.39, 0.29) is 0 Å². The minimum Gasteiger partial charge on any atom is -0.365 e. The van der Waals surface area contributed by atoms with Gasteiger partial charge in [0, 0.05) is 12.6 Å². The van der Waals surface area contributed by atoms with Gasteiger partial charge in [0.15, 0.2) is 17.0 Å². The molecule has 0 bridgehead atoms. The summed E-state index contributed by atoms with van der Waals surface area (Å²) in [6.07, 6.45) is 5.03. The Labute approximate surface area is 93.1 Å². The van der Waals surface area contributed by atoms with E-state index in [0.29, 0.717) is 6.04 Å². The molecule has 16 heavy (non-hydrogen) atoms. The molecule has 1 aliphatic rings. The van der Waals surface area contributed by atoms with E-state index in [4.69, 9.17) is 0 Å². The van der Waals surface area contributed by atoms with Crippen LogP contribution in [0.4, 0.5) is 5.82 Å². The van der Waals surface area contributed by atoms with Crippen molar-refractivity contribution in [3.05, 3.63) is 6.33 Å². The lowest BCUT2D eigenvalue weighted by Gasteiger charge is -2.02. The van der Waals surface area contributed by atoms with Crippen molar-refractivity contribution in [2.45, 2.75) is 38.8 Å². The number of rotatable bonds is 4. The molecule has 1 N–H and O–H groups in total. The zero-order valence-corrected chi connectivity index (χ0v) is 9.22. The number of fused-ring (bicyclic) bond motifs is 1. The Balaban J connectivity index is 2.01. The van der Waals surface area contributed by atoms with Crippen molar-refractivity contribution in [2.24, 2.45) is 0 Å². The maximum atomic E-state index is 4.23. The lowest BCUT2D eigenvalue weighted by molar-refractivity contribution is 0.591. The van der Waals surface area contributed by atoms with Crippen LogP contribution in [0.2, 0.25) is 0 Å². The van der Waals surface area contributed by atoms with Gasteiger partial charge >= 0.3 is 0 Å². The number of nitrogens with one attached hydrogen (secondary N) is 1. The Morgan fingerprint density at radius 2 is 2.31 bits per heavy atom. The van der Waals surface area contributed by atoms with E-state index in [2.05, 4.69) is 32.5 Å². The van der Waals surface area contributed by atoms with Crippen LogP contribution in [-0.2, 0) is 6.54 Å². The van der Waals surface area contributed by atoms with E-state index in [9.17, 15) is 0 Å². The van der Waals surface area contributed by atoms with Crippen LogP contribution in [0.1, 0.15) is 26.2 Å². The Morgan fingerprint density at radius 1 is 1.44 bits per heavy atom. The summed E-state index contributed by atoms with van der Waals surface area (Å²) in [6, 6.07) is 0.564. The van der Waals surface area contributed by atoms with Crippen molar-refractivity contribution in [2.75, 3.05) is 5.32 Å². The quantitative estimate of drug-likeness (QED) is 0.835. The van der Waals surface area contributed by atoms with Crippen molar-refractivity contribution in [1.82, 2.24) is 25.0 Å². The zero-order chi connectivity index (χ0) is 11.0. The first-order chi connectivity index (χ1) is 7.88. The highest BCUT2D eigenvalue weighted by molar-refractivity contribution is 5.82. The highest BCUT2D eigenvalue weighted by atomic mass is 15.4. The molecule has 0 aromatic carbocycles. The lowest BCUT2D eigenvalue weighted by Crippen LogP contribution is -2.05. The van der Waals surface area contributed by atoms with Gasteiger partial charge in [-0.2, -0.15) is 0 Å². The monoisotopic (exact) mass is 218 g/mol. The van der Waals surface area contributed by atoms with Gasteiger partial charge in [0.1, 0.15) is 6.33 Å². The highest BCUT2D eigenvalue weighted by Crippen LogP contribution is 2.26. The third-order valence-electron chi connectivity index (χ3n) is 2.65. The van der Waals surface area contributed by atoms with Crippen LogP contribution in [0.5, 0.6) is 0 Å². The first kappa shape index (κ1) is 9.50. The molecule has 2 aromatic heterocycles. The number of aromatic nitrogens is 5. The second-order valence-electron chi connectivity index (χ2n) is 4.13. The van der Waals surface area contributed by atoms with Crippen molar-refractivity contribution in [3.63, 3.8) is 0 Å². The van der Waals surface area contributed by atoms with Crippen molar-refractivity contribution < 1.29 is 0 Å². The summed E-state index contributed by atoms with van der Waals surface area (Å²) >= 11 is 0. The second-order valence-corrected chi connectivity index (χ2v) is 4.13. The summed E-state index contributed by atoms with van der Waals surface area (Å²) in [4.78, 5) is 8.46. The molecule has 3 rings (SSSR count). The minimum atomic E-state index is 0.564. The molecule has 0 amide bonds. The van der Waals surface area contributed by atoms with Crippen molar-refractivity contribution in [3.8, 4) is 0 Å². The predicted molar refractivity (Wildman–Crippen MR) is 60.1 cm³/mol. The Morgan fingerprint density at radius 3 is 3.06 bits per heavy atom. The molecule has 2 aromatic rings. The normalized spacial score (nSPS) is 15.6. The molecule has 1 aliphatic carbocycles.